The summed E-state index contributed by atoms with van der Waals surface area (Å²) >= 11 is 0. The molecule has 0 aromatic heterocycles. The molecule has 18 heavy (non-hydrogen) atoms. The van der Waals surface area contributed by atoms with E-state index in [1.165, 1.54) is 25.7 Å². The lowest BCUT2D eigenvalue weighted by atomic mass is 9.81. The van der Waals surface area contributed by atoms with Gasteiger partial charge in [0.1, 0.15) is 0 Å². The average Bonchev–Trinajstić information content (AvgIpc) is 2.77. The third-order valence-corrected chi connectivity index (χ3v) is 4.32. The fourth-order valence-electron chi connectivity index (χ4n) is 3.37. The Morgan fingerprint density at radius 2 is 2.28 bits per heavy atom. The van der Waals surface area contributed by atoms with Crippen LogP contribution in [0, 0.1) is 11.8 Å². The van der Waals surface area contributed by atoms with E-state index in [0.29, 0.717) is 0 Å². The normalized spacial score (nSPS) is 34.0. The summed E-state index contributed by atoms with van der Waals surface area (Å²) in [4.78, 5) is 0. The monoisotopic (exact) mass is 255 g/mol. The topological polar surface area (TPSA) is 30.5 Å². The molecule has 3 nitrogen and oxygen atoms in total. The van der Waals surface area contributed by atoms with Gasteiger partial charge in [-0.2, -0.15) is 0 Å². The zero-order valence-electron chi connectivity index (χ0n) is 12.0. The molecule has 0 aliphatic carbocycles. The van der Waals surface area contributed by atoms with Gasteiger partial charge in [-0.05, 0) is 50.6 Å². The van der Waals surface area contributed by atoms with Crippen LogP contribution in [0.2, 0.25) is 0 Å². The maximum absolute atomic E-state index is 6.00. The molecule has 0 aromatic carbocycles. The van der Waals surface area contributed by atoms with Crippen molar-refractivity contribution in [2.24, 2.45) is 11.8 Å². The number of hydrogen-bond acceptors (Lipinski definition) is 3. The van der Waals surface area contributed by atoms with Crippen LogP contribution in [0.25, 0.3) is 0 Å². The van der Waals surface area contributed by atoms with Crippen molar-refractivity contribution in [1.29, 1.82) is 0 Å². The Kier molecular flexibility index (Phi) is 5.46. The molecule has 106 valence electrons. The molecule has 3 unspecified atom stereocenters. The average molecular weight is 255 g/mol. The second-order valence-corrected chi connectivity index (χ2v) is 6.24. The van der Waals surface area contributed by atoms with E-state index >= 15 is 0 Å². The first-order chi connectivity index (χ1) is 8.74. The minimum absolute atomic E-state index is 0.0828. The van der Waals surface area contributed by atoms with Crippen LogP contribution in [0.3, 0.4) is 0 Å². The SMILES string of the molecule is CCCNCC(C)CC1CCOC2(CCOC2)C1. The Hall–Kier alpha value is -0.120. The van der Waals surface area contributed by atoms with Crippen LogP contribution >= 0.6 is 0 Å². The quantitative estimate of drug-likeness (QED) is 0.740. The van der Waals surface area contributed by atoms with Crippen LogP contribution in [-0.2, 0) is 9.47 Å². The summed E-state index contributed by atoms with van der Waals surface area (Å²) in [5, 5.41) is 3.53. The lowest BCUT2D eigenvalue weighted by molar-refractivity contribution is -0.100. The molecule has 0 radical (unpaired) electrons. The molecule has 0 amide bonds. The molecule has 0 saturated carbocycles. The lowest BCUT2D eigenvalue weighted by Gasteiger charge is -2.38. The van der Waals surface area contributed by atoms with Crippen LogP contribution in [-0.4, -0.2) is 38.5 Å². The fourth-order valence-corrected chi connectivity index (χ4v) is 3.37. The summed E-state index contributed by atoms with van der Waals surface area (Å²) < 4.78 is 11.5. The van der Waals surface area contributed by atoms with Crippen LogP contribution < -0.4 is 5.32 Å². The van der Waals surface area contributed by atoms with Crippen LogP contribution in [0.5, 0.6) is 0 Å². The van der Waals surface area contributed by atoms with Gasteiger partial charge in [0.05, 0.1) is 12.2 Å². The van der Waals surface area contributed by atoms with Crippen molar-refractivity contribution in [2.45, 2.75) is 51.6 Å². The zero-order valence-corrected chi connectivity index (χ0v) is 12.0. The minimum Gasteiger partial charge on any atom is -0.378 e. The molecule has 0 bridgehead atoms. The molecule has 2 fully saturated rings. The molecule has 2 heterocycles. The summed E-state index contributed by atoms with van der Waals surface area (Å²) in [5.41, 5.74) is 0.0828. The van der Waals surface area contributed by atoms with Crippen molar-refractivity contribution in [2.75, 3.05) is 32.9 Å². The van der Waals surface area contributed by atoms with Crippen LogP contribution in [0.1, 0.15) is 46.0 Å². The van der Waals surface area contributed by atoms with Gasteiger partial charge in [-0.15, -0.1) is 0 Å². The van der Waals surface area contributed by atoms with Crippen molar-refractivity contribution < 1.29 is 9.47 Å². The van der Waals surface area contributed by atoms with E-state index in [1.54, 1.807) is 0 Å². The highest BCUT2D eigenvalue weighted by atomic mass is 16.6. The standard InChI is InChI=1S/C15H29NO2/c1-3-6-16-11-13(2)9-14-4-7-18-15(10-14)5-8-17-12-15/h13-14,16H,3-12H2,1-2H3. The molecule has 3 heteroatoms. The third-order valence-electron chi connectivity index (χ3n) is 4.32. The molecule has 0 aromatic rings. The third kappa shape index (κ3) is 3.94. The van der Waals surface area contributed by atoms with E-state index in [-0.39, 0.29) is 5.60 Å². The van der Waals surface area contributed by atoms with Crippen molar-refractivity contribution in [3.05, 3.63) is 0 Å². The van der Waals surface area contributed by atoms with Crippen molar-refractivity contribution in [3.63, 3.8) is 0 Å². The van der Waals surface area contributed by atoms with Gasteiger partial charge in [0.15, 0.2) is 0 Å². The number of rotatable bonds is 6. The molecule has 1 spiro atoms. The zero-order chi connectivity index (χ0) is 12.8. The fraction of sp³-hybridized carbons (Fsp3) is 1.00. The molecule has 2 aliphatic rings. The predicted molar refractivity (Wildman–Crippen MR) is 73.8 cm³/mol. The molecule has 2 rings (SSSR count). The maximum Gasteiger partial charge on any atom is 0.0939 e. The van der Waals surface area contributed by atoms with Gasteiger partial charge in [0.25, 0.3) is 0 Å². The van der Waals surface area contributed by atoms with Gasteiger partial charge in [-0.1, -0.05) is 13.8 Å². The Bertz CT molecular complexity index is 239. The van der Waals surface area contributed by atoms with E-state index in [2.05, 4.69) is 19.2 Å². The molecule has 3 atom stereocenters. The van der Waals surface area contributed by atoms with E-state index < -0.39 is 0 Å². The largest absolute Gasteiger partial charge is 0.378 e. The first-order valence-electron chi connectivity index (χ1n) is 7.66. The van der Waals surface area contributed by atoms with Gasteiger partial charge < -0.3 is 14.8 Å². The van der Waals surface area contributed by atoms with Gasteiger partial charge in [-0.25, -0.2) is 0 Å². The highest BCUT2D eigenvalue weighted by Gasteiger charge is 2.40. The number of ether oxygens (including phenoxy) is 2. The van der Waals surface area contributed by atoms with Crippen LogP contribution in [0.15, 0.2) is 0 Å². The van der Waals surface area contributed by atoms with E-state index in [0.717, 1.165) is 51.2 Å². The second-order valence-electron chi connectivity index (χ2n) is 6.24. The smallest absolute Gasteiger partial charge is 0.0939 e. The Balaban J connectivity index is 1.72. The van der Waals surface area contributed by atoms with Crippen LogP contribution in [0.4, 0.5) is 0 Å². The van der Waals surface area contributed by atoms with Gasteiger partial charge >= 0.3 is 0 Å². The summed E-state index contributed by atoms with van der Waals surface area (Å²) in [5.74, 6) is 1.61. The van der Waals surface area contributed by atoms with Gasteiger partial charge in [0.2, 0.25) is 0 Å². The highest BCUT2D eigenvalue weighted by molar-refractivity contribution is 4.90. The minimum atomic E-state index is 0.0828. The number of nitrogens with one attached hydrogen (secondary N) is 1. The lowest BCUT2D eigenvalue weighted by Crippen LogP contribution is -2.41. The summed E-state index contributed by atoms with van der Waals surface area (Å²) in [7, 11) is 0. The summed E-state index contributed by atoms with van der Waals surface area (Å²) in [6.07, 6.45) is 6.11. The van der Waals surface area contributed by atoms with E-state index in [9.17, 15) is 0 Å². The van der Waals surface area contributed by atoms with Crippen molar-refractivity contribution in [1.82, 2.24) is 5.32 Å². The predicted octanol–water partition coefficient (Wildman–Crippen LogP) is 2.60. The Morgan fingerprint density at radius 1 is 1.39 bits per heavy atom. The molecular weight excluding hydrogens is 226 g/mol. The first-order valence-corrected chi connectivity index (χ1v) is 7.66. The van der Waals surface area contributed by atoms with Crippen molar-refractivity contribution >= 4 is 0 Å². The van der Waals surface area contributed by atoms with Gasteiger partial charge in [-0.3, -0.25) is 0 Å². The van der Waals surface area contributed by atoms with Crippen molar-refractivity contribution in [3.8, 4) is 0 Å². The van der Waals surface area contributed by atoms with E-state index in [4.69, 9.17) is 9.47 Å². The molecule has 2 aliphatic heterocycles. The maximum atomic E-state index is 6.00. The molecule has 1 N–H and O–H groups in total. The first kappa shape index (κ1) is 14.3. The summed E-state index contributed by atoms with van der Waals surface area (Å²) in [6, 6.07) is 0. The second kappa shape index (κ2) is 6.88. The Labute approximate surface area is 112 Å². The molecular formula is C15H29NO2. The van der Waals surface area contributed by atoms with Gasteiger partial charge in [0, 0.05) is 19.6 Å². The Morgan fingerprint density at radius 3 is 3.00 bits per heavy atom. The van der Waals surface area contributed by atoms with E-state index in [1.807, 2.05) is 0 Å². The highest BCUT2D eigenvalue weighted by Crippen LogP contribution is 2.38. The molecule has 2 saturated heterocycles. The number of hydrogen-bond donors (Lipinski definition) is 1. The summed E-state index contributed by atoms with van der Waals surface area (Å²) in [6.45, 7) is 9.55.